The molecule has 0 aliphatic rings. The van der Waals surface area contributed by atoms with E-state index in [0.717, 1.165) is 16.6 Å². The van der Waals surface area contributed by atoms with Crippen molar-refractivity contribution in [3.05, 3.63) is 53.3 Å². The lowest BCUT2D eigenvalue weighted by Crippen LogP contribution is -2.45. The zero-order chi connectivity index (χ0) is 19.5. The highest BCUT2D eigenvalue weighted by Crippen LogP contribution is 2.29. The number of amides is 1. The first kappa shape index (κ1) is 20.0. The molecule has 140 valence electrons. The Morgan fingerprint density at radius 3 is 2.54 bits per heavy atom. The van der Waals surface area contributed by atoms with Crippen LogP contribution in [0.25, 0.3) is 0 Å². The van der Waals surface area contributed by atoms with Crippen LogP contribution >= 0.6 is 11.6 Å². The number of methoxy groups -OCH3 is 1. The number of rotatable bonds is 6. The fraction of sp³-hybridized carbons (Fsp3) is 0.235. The predicted molar refractivity (Wildman–Crippen MR) is 99.8 cm³/mol. The molecule has 0 heterocycles. The van der Waals surface area contributed by atoms with Gasteiger partial charge in [-0.2, -0.15) is 0 Å². The Balaban J connectivity index is 2.36. The summed E-state index contributed by atoms with van der Waals surface area (Å²) in [7, 11) is -2.42. The van der Waals surface area contributed by atoms with Gasteiger partial charge < -0.3 is 10.1 Å². The maximum absolute atomic E-state index is 13.5. The zero-order valence-corrected chi connectivity index (χ0v) is 15.9. The van der Waals surface area contributed by atoms with E-state index >= 15 is 0 Å². The second kappa shape index (κ2) is 7.92. The van der Waals surface area contributed by atoms with Gasteiger partial charge in [-0.15, -0.1) is 0 Å². The molecule has 1 N–H and O–H groups in total. The van der Waals surface area contributed by atoms with Gasteiger partial charge in [-0.3, -0.25) is 9.10 Å². The SMILES string of the molecule is COc1ccc(Cl)cc1NC(=O)[C@H](C)N(c1cccc(F)c1)S(C)(=O)=O. The number of benzene rings is 2. The quantitative estimate of drug-likeness (QED) is 0.807. The predicted octanol–water partition coefficient (Wildman–Crippen LogP) is 3.28. The van der Waals surface area contributed by atoms with Gasteiger partial charge in [0.05, 0.1) is 24.7 Å². The van der Waals surface area contributed by atoms with Crippen molar-refractivity contribution in [2.75, 3.05) is 23.0 Å². The molecule has 0 unspecified atom stereocenters. The van der Waals surface area contributed by atoms with E-state index in [2.05, 4.69) is 5.32 Å². The third-order valence-corrected chi connectivity index (χ3v) is 5.05. The number of anilines is 2. The van der Waals surface area contributed by atoms with Crippen molar-refractivity contribution in [3.8, 4) is 5.75 Å². The number of nitrogens with zero attached hydrogens (tertiary/aromatic N) is 1. The Bertz CT molecular complexity index is 921. The Labute approximate surface area is 156 Å². The van der Waals surface area contributed by atoms with Crippen LogP contribution in [-0.2, 0) is 14.8 Å². The molecule has 0 aliphatic carbocycles. The van der Waals surface area contributed by atoms with Gasteiger partial charge in [0.15, 0.2) is 0 Å². The Morgan fingerprint density at radius 2 is 1.96 bits per heavy atom. The van der Waals surface area contributed by atoms with Crippen molar-refractivity contribution >= 4 is 38.9 Å². The first-order chi connectivity index (χ1) is 12.1. The summed E-state index contributed by atoms with van der Waals surface area (Å²) in [6.45, 7) is 1.40. The molecule has 6 nitrogen and oxygen atoms in total. The summed E-state index contributed by atoms with van der Waals surface area (Å²) in [5.41, 5.74) is 0.345. The average Bonchev–Trinajstić information content (AvgIpc) is 2.54. The van der Waals surface area contributed by atoms with E-state index in [1.54, 1.807) is 12.1 Å². The molecule has 0 saturated carbocycles. The Morgan fingerprint density at radius 1 is 1.27 bits per heavy atom. The molecular weight excluding hydrogens is 383 g/mol. The second-order valence-corrected chi connectivity index (χ2v) is 7.84. The van der Waals surface area contributed by atoms with Crippen molar-refractivity contribution in [2.45, 2.75) is 13.0 Å². The maximum atomic E-state index is 13.5. The number of sulfonamides is 1. The monoisotopic (exact) mass is 400 g/mol. The summed E-state index contributed by atoms with van der Waals surface area (Å²) in [5, 5.41) is 2.96. The van der Waals surface area contributed by atoms with Gasteiger partial charge in [0.1, 0.15) is 17.6 Å². The van der Waals surface area contributed by atoms with E-state index < -0.39 is 27.8 Å². The summed E-state index contributed by atoms with van der Waals surface area (Å²) in [6.07, 6.45) is 0.946. The van der Waals surface area contributed by atoms with E-state index in [0.29, 0.717) is 16.5 Å². The molecular formula is C17H18ClFN2O4S. The lowest BCUT2D eigenvalue weighted by atomic mass is 10.2. The number of halogens is 2. The first-order valence-corrected chi connectivity index (χ1v) is 9.75. The van der Waals surface area contributed by atoms with E-state index in [4.69, 9.17) is 16.3 Å². The Kier molecular flexibility index (Phi) is 6.09. The molecule has 1 amide bonds. The minimum absolute atomic E-state index is 0.0493. The maximum Gasteiger partial charge on any atom is 0.248 e. The smallest absolute Gasteiger partial charge is 0.248 e. The third kappa shape index (κ3) is 4.64. The topological polar surface area (TPSA) is 75.7 Å². The van der Waals surface area contributed by atoms with Crippen LogP contribution in [0.1, 0.15) is 6.92 Å². The van der Waals surface area contributed by atoms with Crippen molar-refractivity contribution in [1.29, 1.82) is 0 Å². The van der Waals surface area contributed by atoms with Crippen LogP contribution in [0, 0.1) is 5.82 Å². The van der Waals surface area contributed by atoms with Crippen LogP contribution < -0.4 is 14.4 Å². The number of nitrogens with one attached hydrogen (secondary N) is 1. The van der Waals surface area contributed by atoms with Crippen LogP contribution in [0.2, 0.25) is 5.02 Å². The van der Waals surface area contributed by atoms with E-state index in [1.807, 2.05) is 0 Å². The van der Waals surface area contributed by atoms with Gasteiger partial charge in [-0.05, 0) is 43.3 Å². The summed E-state index contributed by atoms with van der Waals surface area (Å²) in [4.78, 5) is 12.6. The summed E-state index contributed by atoms with van der Waals surface area (Å²) in [6, 6.07) is 8.52. The molecule has 0 radical (unpaired) electrons. The fourth-order valence-electron chi connectivity index (χ4n) is 2.44. The molecule has 9 heteroatoms. The standard InChI is InChI=1S/C17H18ClFN2O4S/c1-11(17(22)20-15-9-12(18)7-8-16(15)25-2)21(26(3,23)24)14-6-4-5-13(19)10-14/h4-11H,1-3H3,(H,20,22)/t11-/m0/s1. The molecule has 0 fully saturated rings. The van der Waals surface area contributed by atoms with Crippen molar-refractivity contribution in [2.24, 2.45) is 0 Å². The third-order valence-electron chi connectivity index (χ3n) is 3.57. The van der Waals surface area contributed by atoms with Gasteiger partial charge in [0.2, 0.25) is 15.9 Å². The average molecular weight is 401 g/mol. The molecule has 0 bridgehead atoms. The lowest BCUT2D eigenvalue weighted by Gasteiger charge is -2.28. The van der Waals surface area contributed by atoms with E-state index in [-0.39, 0.29) is 5.69 Å². The fourth-order valence-corrected chi connectivity index (χ4v) is 3.78. The summed E-state index contributed by atoms with van der Waals surface area (Å²) in [5.74, 6) is -0.868. The van der Waals surface area contributed by atoms with Crippen molar-refractivity contribution < 1.29 is 22.3 Å². The molecule has 2 aromatic carbocycles. The number of carbonyl (C=O) groups is 1. The van der Waals surface area contributed by atoms with Gasteiger partial charge >= 0.3 is 0 Å². The highest BCUT2D eigenvalue weighted by molar-refractivity contribution is 7.92. The number of hydrogen-bond acceptors (Lipinski definition) is 4. The highest BCUT2D eigenvalue weighted by atomic mass is 35.5. The van der Waals surface area contributed by atoms with Crippen LogP contribution in [0.4, 0.5) is 15.8 Å². The number of ether oxygens (including phenoxy) is 1. The lowest BCUT2D eigenvalue weighted by molar-refractivity contribution is -0.116. The van der Waals surface area contributed by atoms with E-state index in [9.17, 15) is 17.6 Å². The first-order valence-electron chi connectivity index (χ1n) is 7.53. The summed E-state index contributed by atoms with van der Waals surface area (Å²) < 4.78 is 43.9. The van der Waals surface area contributed by atoms with Crippen molar-refractivity contribution in [3.63, 3.8) is 0 Å². The molecule has 0 spiro atoms. The van der Waals surface area contributed by atoms with Gasteiger partial charge in [-0.25, -0.2) is 12.8 Å². The molecule has 26 heavy (non-hydrogen) atoms. The summed E-state index contributed by atoms with van der Waals surface area (Å²) >= 11 is 5.93. The molecule has 0 aliphatic heterocycles. The van der Waals surface area contributed by atoms with Crippen LogP contribution in [-0.4, -0.2) is 33.7 Å². The molecule has 1 atom stereocenters. The van der Waals surface area contributed by atoms with Gasteiger partial charge in [0.25, 0.3) is 0 Å². The van der Waals surface area contributed by atoms with Crippen LogP contribution in [0.5, 0.6) is 5.75 Å². The van der Waals surface area contributed by atoms with Crippen LogP contribution in [0.15, 0.2) is 42.5 Å². The van der Waals surface area contributed by atoms with Gasteiger partial charge in [0, 0.05) is 5.02 Å². The number of carbonyl (C=O) groups excluding carboxylic acids is 1. The highest BCUT2D eigenvalue weighted by Gasteiger charge is 2.29. The molecule has 0 saturated heterocycles. The second-order valence-electron chi connectivity index (χ2n) is 5.55. The largest absolute Gasteiger partial charge is 0.495 e. The molecule has 2 rings (SSSR count). The van der Waals surface area contributed by atoms with E-state index in [1.165, 1.54) is 38.3 Å². The van der Waals surface area contributed by atoms with Gasteiger partial charge in [-0.1, -0.05) is 17.7 Å². The Hall–Kier alpha value is -2.32. The number of hydrogen-bond donors (Lipinski definition) is 1. The minimum atomic E-state index is -3.85. The zero-order valence-electron chi connectivity index (χ0n) is 14.4. The van der Waals surface area contributed by atoms with Crippen molar-refractivity contribution in [1.82, 2.24) is 0 Å². The normalized spacial score (nSPS) is 12.3. The molecule has 2 aromatic rings. The van der Waals surface area contributed by atoms with Crippen LogP contribution in [0.3, 0.4) is 0 Å². The molecule has 0 aromatic heterocycles. The minimum Gasteiger partial charge on any atom is -0.495 e.